The van der Waals surface area contributed by atoms with Crippen LogP contribution in [0, 0.1) is 5.82 Å². The van der Waals surface area contributed by atoms with Crippen molar-refractivity contribution in [1.82, 2.24) is 0 Å². The van der Waals surface area contributed by atoms with Crippen molar-refractivity contribution in [2.24, 2.45) is 0 Å². The summed E-state index contributed by atoms with van der Waals surface area (Å²) in [6, 6.07) is 14.8. The number of esters is 1. The van der Waals surface area contributed by atoms with Gasteiger partial charge >= 0.3 is 12.1 Å². The highest BCUT2D eigenvalue weighted by atomic mass is 32.1. The van der Waals surface area contributed by atoms with E-state index >= 15 is 0 Å². The lowest BCUT2D eigenvalue weighted by Gasteiger charge is -2.26. The Morgan fingerprint density at radius 1 is 1.00 bits per heavy atom. The van der Waals surface area contributed by atoms with Crippen molar-refractivity contribution in [2.45, 2.75) is 11.8 Å². The molecular weight excluding hydrogens is 396 g/mol. The fourth-order valence-corrected chi connectivity index (χ4v) is 4.01. The van der Waals surface area contributed by atoms with Gasteiger partial charge in [0.05, 0.1) is 12.0 Å². The highest BCUT2D eigenvalue weighted by Crippen LogP contribution is 2.48. The number of aliphatic hydroxyl groups is 1. The summed E-state index contributed by atoms with van der Waals surface area (Å²) in [6.45, 7) is 0. The molecule has 0 saturated heterocycles. The summed E-state index contributed by atoms with van der Waals surface area (Å²) in [5.41, 5.74) is -2.45. The Balaban J connectivity index is 2.27. The van der Waals surface area contributed by atoms with Crippen molar-refractivity contribution in [2.75, 3.05) is 7.11 Å². The van der Waals surface area contributed by atoms with Crippen LogP contribution in [-0.2, 0) is 15.1 Å². The molecule has 0 aliphatic heterocycles. The number of rotatable bonds is 4. The minimum absolute atomic E-state index is 0.331. The maximum Gasteiger partial charge on any atom is 0.433 e. The highest BCUT2D eigenvalue weighted by molar-refractivity contribution is 7.16. The second-order valence-electron chi connectivity index (χ2n) is 5.93. The van der Waals surface area contributed by atoms with Crippen molar-refractivity contribution in [1.29, 1.82) is 0 Å². The predicted octanol–water partition coefficient (Wildman–Crippen LogP) is 5.14. The summed E-state index contributed by atoms with van der Waals surface area (Å²) in [7, 11) is 0.769. The maximum atomic E-state index is 13.6. The number of halogens is 4. The van der Waals surface area contributed by atoms with Gasteiger partial charge in [0.25, 0.3) is 5.60 Å². The summed E-state index contributed by atoms with van der Waals surface area (Å²) < 4.78 is 58.4. The maximum absolute atomic E-state index is 13.6. The summed E-state index contributed by atoms with van der Waals surface area (Å²) >= 11 is 0.625. The first-order valence-corrected chi connectivity index (χ1v) is 8.83. The molecule has 0 saturated carbocycles. The molecule has 1 unspecified atom stereocenters. The van der Waals surface area contributed by atoms with Gasteiger partial charge in [0.15, 0.2) is 0 Å². The lowest BCUT2D eigenvalue weighted by Crippen LogP contribution is -2.49. The number of benzene rings is 2. The van der Waals surface area contributed by atoms with E-state index < -0.39 is 28.4 Å². The molecule has 1 heterocycles. The fourth-order valence-electron chi connectivity index (χ4n) is 2.72. The molecule has 0 radical (unpaired) electrons. The van der Waals surface area contributed by atoms with Gasteiger partial charge < -0.3 is 9.84 Å². The number of hydrogen-bond donors (Lipinski definition) is 1. The zero-order valence-electron chi connectivity index (χ0n) is 14.5. The molecule has 0 bridgehead atoms. The van der Waals surface area contributed by atoms with Gasteiger partial charge in [0.2, 0.25) is 0 Å². The molecular formula is C20H14F4O3S. The number of ether oxygens (including phenoxy) is 1. The van der Waals surface area contributed by atoms with Crippen molar-refractivity contribution >= 4 is 17.3 Å². The molecule has 0 amide bonds. The largest absolute Gasteiger partial charge is 0.466 e. The van der Waals surface area contributed by atoms with Gasteiger partial charge in [-0.05, 0) is 29.3 Å². The van der Waals surface area contributed by atoms with E-state index in [0.29, 0.717) is 32.9 Å². The molecule has 3 aromatic rings. The zero-order valence-corrected chi connectivity index (χ0v) is 15.3. The van der Waals surface area contributed by atoms with E-state index in [2.05, 4.69) is 4.74 Å². The monoisotopic (exact) mass is 410 g/mol. The van der Waals surface area contributed by atoms with Gasteiger partial charge in [-0.2, -0.15) is 13.2 Å². The van der Waals surface area contributed by atoms with Crippen LogP contribution in [0.25, 0.3) is 21.6 Å². The number of carbonyl (C=O) groups excluding carboxylic acids is 1. The quantitative estimate of drug-likeness (QED) is 0.478. The van der Waals surface area contributed by atoms with Crippen LogP contribution < -0.4 is 0 Å². The average Bonchev–Trinajstić information content (AvgIpc) is 3.12. The summed E-state index contributed by atoms with van der Waals surface area (Å²) in [4.78, 5) is 11.6. The third-order valence-corrected chi connectivity index (χ3v) is 5.46. The Morgan fingerprint density at radius 3 is 2.14 bits per heavy atom. The molecule has 2 aromatic carbocycles. The van der Waals surface area contributed by atoms with Crippen LogP contribution in [0.2, 0.25) is 0 Å². The number of methoxy groups -OCH3 is 1. The molecule has 0 aliphatic rings. The van der Waals surface area contributed by atoms with Crippen LogP contribution in [-0.4, -0.2) is 24.4 Å². The zero-order chi connectivity index (χ0) is 20.5. The molecule has 0 aliphatic carbocycles. The van der Waals surface area contributed by atoms with Gasteiger partial charge in [-0.15, -0.1) is 11.3 Å². The molecule has 3 nitrogen and oxygen atoms in total. The lowest BCUT2D eigenvalue weighted by atomic mass is 9.97. The first-order valence-electron chi connectivity index (χ1n) is 8.01. The van der Waals surface area contributed by atoms with Crippen LogP contribution in [0.1, 0.15) is 4.88 Å². The van der Waals surface area contributed by atoms with Crippen molar-refractivity contribution in [3.63, 3.8) is 0 Å². The van der Waals surface area contributed by atoms with E-state index in [9.17, 15) is 27.5 Å². The third-order valence-electron chi connectivity index (χ3n) is 4.17. The van der Waals surface area contributed by atoms with E-state index in [0.717, 1.165) is 13.2 Å². The summed E-state index contributed by atoms with van der Waals surface area (Å²) in [6.07, 6.45) is -5.29. The molecule has 0 fully saturated rings. The normalized spacial score (nSPS) is 13.8. The average molecular weight is 410 g/mol. The van der Waals surface area contributed by atoms with Crippen molar-refractivity contribution in [3.8, 4) is 21.6 Å². The summed E-state index contributed by atoms with van der Waals surface area (Å²) in [5.74, 6) is -2.33. The van der Waals surface area contributed by atoms with Gasteiger partial charge in [0, 0.05) is 10.4 Å². The highest BCUT2D eigenvalue weighted by Gasteiger charge is 2.63. The smallest absolute Gasteiger partial charge is 0.433 e. The number of carbonyl (C=O) groups is 1. The Hall–Kier alpha value is -2.71. The van der Waals surface area contributed by atoms with Gasteiger partial charge in [0.1, 0.15) is 5.82 Å². The Bertz CT molecular complexity index is 981. The van der Waals surface area contributed by atoms with Gasteiger partial charge in [-0.25, -0.2) is 9.18 Å². The summed E-state index contributed by atoms with van der Waals surface area (Å²) in [5, 5.41) is 10.3. The molecule has 8 heteroatoms. The lowest BCUT2D eigenvalue weighted by molar-refractivity contribution is -0.265. The molecule has 1 atom stereocenters. The topological polar surface area (TPSA) is 46.5 Å². The van der Waals surface area contributed by atoms with E-state index in [1.54, 1.807) is 30.3 Å². The molecule has 1 N–H and O–H groups in total. The Kier molecular flexibility index (Phi) is 5.27. The van der Waals surface area contributed by atoms with Crippen LogP contribution in [0.4, 0.5) is 17.6 Å². The number of thiophene rings is 1. The molecule has 146 valence electrons. The van der Waals surface area contributed by atoms with Gasteiger partial charge in [-0.3, -0.25) is 0 Å². The third kappa shape index (κ3) is 3.41. The second kappa shape index (κ2) is 7.37. The van der Waals surface area contributed by atoms with E-state index in [4.69, 9.17) is 0 Å². The van der Waals surface area contributed by atoms with E-state index in [-0.39, 0.29) is 0 Å². The van der Waals surface area contributed by atoms with Crippen LogP contribution in [0.3, 0.4) is 0 Å². The SMILES string of the molecule is COC(=O)C(O)(c1cc(-c2ccc(F)cc2)c(-c2ccccc2)s1)C(F)(F)F. The second-order valence-corrected chi connectivity index (χ2v) is 6.98. The van der Waals surface area contributed by atoms with Crippen LogP contribution in [0.5, 0.6) is 0 Å². The first kappa shape index (κ1) is 20.0. The van der Waals surface area contributed by atoms with Gasteiger partial charge in [-0.1, -0.05) is 42.5 Å². The van der Waals surface area contributed by atoms with E-state index in [1.165, 1.54) is 24.3 Å². The Morgan fingerprint density at radius 2 is 1.61 bits per heavy atom. The minimum Gasteiger partial charge on any atom is -0.466 e. The van der Waals surface area contributed by atoms with Crippen LogP contribution >= 0.6 is 11.3 Å². The van der Waals surface area contributed by atoms with E-state index in [1.807, 2.05) is 0 Å². The van der Waals surface area contributed by atoms with Crippen molar-refractivity contribution in [3.05, 3.63) is 71.4 Å². The van der Waals surface area contributed by atoms with Crippen molar-refractivity contribution < 1.29 is 32.2 Å². The number of hydrogen-bond acceptors (Lipinski definition) is 4. The fraction of sp³-hybridized carbons (Fsp3) is 0.150. The molecule has 0 spiro atoms. The first-order chi connectivity index (χ1) is 13.2. The molecule has 3 rings (SSSR count). The predicted molar refractivity (Wildman–Crippen MR) is 97.1 cm³/mol. The standard InChI is InChI=1S/C20H14F4O3S/c1-27-18(25)19(26,20(22,23)24)16-11-15(12-7-9-14(21)10-8-12)17(28-16)13-5-3-2-4-6-13/h2-11,26H,1H3. The molecule has 1 aromatic heterocycles. The molecule has 28 heavy (non-hydrogen) atoms. The number of alkyl halides is 3. The minimum atomic E-state index is -5.29. The van der Waals surface area contributed by atoms with Crippen LogP contribution in [0.15, 0.2) is 60.7 Å². The Labute approximate surface area is 161 Å².